The summed E-state index contributed by atoms with van der Waals surface area (Å²) < 4.78 is 0. The highest BCUT2D eigenvalue weighted by molar-refractivity contribution is 5.63. The number of carbonyl (C=O) groups excluding carboxylic acids is 1. The lowest BCUT2D eigenvalue weighted by atomic mass is 10.2. The van der Waals surface area contributed by atoms with Crippen molar-refractivity contribution in [2.75, 3.05) is 13.6 Å². The van der Waals surface area contributed by atoms with E-state index in [9.17, 15) is 4.79 Å². The van der Waals surface area contributed by atoms with Crippen LogP contribution in [-0.2, 0) is 4.79 Å². The van der Waals surface area contributed by atoms with Crippen LogP contribution >= 0.6 is 0 Å². The number of aldehydes is 1. The van der Waals surface area contributed by atoms with E-state index >= 15 is 0 Å². The standard InChI is InChI=1S/C7H12N2O/c1-7(6-10)8-4-3-5-9(7)2/h3,5-6,8H,4H2,1-2H3. The van der Waals surface area contributed by atoms with Gasteiger partial charge in [-0.3, -0.25) is 10.1 Å². The van der Waals surface area contributed by atoms with Gasteiger partial charge in [0.2, 0.25) is 0 Å². The third-order valence-corrected chi connectivity index (χ3v) is 1.87. The first-order chi connectivity index (χ1) is 4.69. The smallest absolute Gasteiger partial charge is 0.160 e. The fourth-order valence-corrected chi connectivity index (χ4v) is 0.881. The Balaban J connectivity index is 2.77. The Bertz CT molecular complexity index is 167. The molecule has 1 atom stereocenters. The molecular formula is C7H12N2O. The minimum absolute atomic E-state index is 0.505. The van der Waals surface area contributed by atoms with E-state index < -0.39 is 5.66 Å². The molecule has 0 radical (unpaired) electrons. The molecule has 1 N–H and O–H groups in total. The van der Waals surface area contributed by atoms with Crippen molar-refractivity contribution in [3.8, 4) is 0 Å². The summed E-state index contributed by atoms with van der Waals surface area (Å²) in [7, 11) is 1.87. The lowest BCUT2D eigenvalue weighted by Crippen LogP contribution is -2.56. The van der Waals surface area contributed by atoms with Crippen molar-refractivity contribution in [2.45, 2.75) is 12.6 Å². The highest BCUT2D eigenvalue weighted by atomic mass is 16.1. The predicted molar refractivity (Wildman–Crippen MR) is 39.4 cm³/mol. The fourth-order valence-electron chi connectivity index (χ4n) is 0.881. The molecule has 1 aliphatic rings. The number of hydrogen-bond donors (Lipinski definition) is 1. The van der Waals surface area contributed by atoms with Crippen LogP contribution in [0.4, 0.5) is 0 Å². The van der Waals surface area contributed by atoms with Gasteiger partial charge in [0.05, 0.1) is 0 Å². The maximum atomic E-state index is 10.6. The summed E-state index contributed by atoms with van der Waals surface area (Å²) in [6, 6.07) is 0. The average molecular weight is 140 g/mol. The topological polar surface area (TPSA) is 32.3 Å². The second-order valence-corrected chi connectivity index (χ2v) is 2.64. The van der Waals surface area contributed by atoms with E-state index in [2.05, 4.69) is 5.32 Å². The molecule has 3 heteroatoms. The molecule has 1 aliphatic heterocycles. The van der Waals surface area contributed by atoms with Gasteiger partial charge in [-0.2, -0.15) is 0 Å². The summed E-state index contributed by atoms with van der Waals surface area (Å²) in [4.78, 5) is 12.4. The Morgan fingerprint density at radius 3 is 2.90 bits per heavy atom. The molecule has 0 spiro atoms. The molecule has 1 unspecified atom stereocenters. The molecule has 0 amide bonds. The molecular weight excluding hydrogens is 128 g/mol. The monoisotopic (exact) mass is 140 g/mol. The molecule has 0 aromatic carbocycles. The number of carbonyl (C=O) groups is 1. The van der Waals surface area contributed by atoms with E-state index in [1.54, 1.807) is 0 Å². The summed E-state index contributed by atoms with van der Waals surface area (Å²) >= 11 is 0. The number of likely N-dealkylation sites (N-methyl/N-ethyl adjacent to an activating group) is 1. The molecule has 0 bridgehead atoms. The van der Waals surface area contributed by atoms with Crippen LogP contribution in [0.3, 0.4) is 0 Å². The second kappa shape index (κ2) is 2.42. The van der Waals surface area contributed by atoms with Gasteiger partial charge in [0.1, 0.15) is 5.66 Å². The fraction of sp³-hybridized carbons (Fsp3) is 0.571. The lowest BCUT2D eigenvalue weighted by Gasteiger charge is -2.36. The van der Waals surface area contributed by atoms with Crippen molar-refractivity contribution >= 4 is 6.29 Å². The van der Waals surface area contributed by atoms with Gasteiger partial charge in [-0.15, -0.1) is 0 Å². The minimum Gasteiger partial charge on any atom is -0.357 e. The minimum atomic E-state index is -0.505. The normalized spacial score (nSPS) is 32.4. The Labute approximate surface area is 60.7 Å². The SMILES string of the molecule is CN1C=CCNC1(C)C=O. The van der Waals surface area contributed by atoms with Gasteiger partial charge >= 0.3 is 0 Å². The van der Waals surface area contributed by atoms with Crippen molar-refractivity contribution in [2.24, 2.45) is 0 Å². The first kappa shape index (κ1) is 7.28. The Morgan fingerprint density at radius 2 is 2.50 bits per heavy atom. The first-order valence-corrected chi connectivity index (χ1v) is 3.30. The van der Waals surface area contributed by atoms with Crippen LogP contribution in [0, 0.1) is 0 Å². The van der Waals surface area contributed by atoms with Gasteiger partial charge < -0.3 is 4.90 Å². The Kier molecular flexibility index (Phi) is 1.76. The zero-order valence-corrected chi connectivity index (χ0v) is 6.29. The highest BCUT2D eigenvalue weighted by Crippen LogP contribution is 2.09. The zero-order chi connectivity index (χ0) is 7.61. The largest absolute Gasteiger partial charge is 0.357 e. The second-order valence-electron chi connectivity index (χ2n) is 2.64. The Morgan fingerprint density at radius 1 is 1.80 bits per heavy atom. The van der Waals surface area contributed by atoms with Gasteiger partial charge in [0, 0.05) is 13.6 Å². The molecule has 0 saturated carbocycles. The van der Waals surface area contributed by atoms with Crippen LogP contribution in [0.2, 0.25) is 0 Å². The van der Waals surface area contributed by atoms with Crippen molar-refractivity contribution in [3.63, 3.8) is 0 Å². The first-order valence-electron chi connectivity index (χ1n) is 3.30. The highest BCUT2D eigenvalue weighted by Gasteiger charge is 2.27. The zero-order valence-electron chi connectivity index (χ0n) is 6.29. The number of nitrogens with zero attached hydrogens (tertiary/aromatic N) is 1. The van der Waals surface area contributed by atoms with Crippen LogP contribution in [0.5, 0.6) is 0 Å². The quantitative estimate of drug-likeness (QED) is 0.518. The van der Waals surface area contributed by atoms with E-state index in [0.717, 1.165) is 12.8 Å². The van der Waals surface area contributed by atoms with Crippen molar-refractivity contribution < 1.29 is 4.79 Å². The summed E-state index contributed by atoms with van der Waals surface area (Å²) in [5.74, 6) is 0. The summed E-state index contributed by atoms with van der Waals surface area (Å²) in [6.45, 7) is 2.61. The third-order valence-electron chi connectivity index (χ3n) is 1.87. The summed E-state index contributed by atoms with van der Waals surface area (Å²) in [6.07, 6.45) is 4.80. The van der Waals surface area contributed by atoms with Crippen LogP contribution in [0.1, 0.15) is 6.92 Å². The summed E-state index contributed by atoms with van der Waals surface area (Å²) in [5, 5.41) is 3.07. The van der Waals surface area contributed by atoms with Crippen molar-refractivity contribution in [3.05, 3.63) is 12.3 Å². The van der Waals surface area contributed by atoms with Crippen LogP contribution in [0.25, 0.3) is 0 Å². The summed E-state index contributed by atoms with van der Waals surface area (Å²) in [5.41, 5.74) is -0.505. The lowest BCUT2D eigenvalue weighted by molar-refractivity contribution is -0.117. The molecule has 10 heavy (non-hydrogen) atoms. The maximum Gasteiger partial charge on any atom is 0.160 e. The van der Waals surface area contributed by atoms with Gasteiger partial charge in [-0.1, -0.05) is 6.08 Å². The van der Waals surface area contributed by atoms with E-state index in [1.807, 2.05) is 31.1 Å². The van der Waals surface area contributed by atoms with E-state index in [0.29, 0.717) is 0 Å². The average Bonchev–Trinajstić information content (AvgIpc) is 1.96. The van der Waals surface area contributed by atoms with Crippen LogP contribution in [0.15, 0.2) is 12.3 Å². The molecule has 0 aromatic heterocycles. The van der Waals surface area contributed by atoms with Crippen molar-refractivity contribution in [1.29, 1.82) is 0 Å². The number of rotatable bonds is 1. The van der Waals surface area contributed by atoms with Crippen LogP contribution in [-0.4, -0.2) is 30.4 Å². The maximum absolute atomic E-state index is 10.6. The van der Waals surface area contributed by atoms with Gasteiger partial charge in [-0.05, 0) is 13.1 Å². The van der Waals surface area contributed by atoms with E-state index in [4.69, 9.17) is 0 Å². The molecule has 0 saturated heterocycles. The Hall–Kier alpha value is -0.830. The molecule has 1 heterocycles. The molecule has 0 aromatic rings. The van der Waals surface area contributed by atoms with Gasteiger partial charge in [0.15, 0.2) is 6.29 Å². The predicted octanol–water partition coefficient (Wildman–Crippen LogP) is -0.0498. The molecule has 56 valence electrons. The van der Waals surface area contributed by atoms with Crippen molar-refractivity contribution in [1.82, 2.24) is 10.2 Å². The van der Waals surface area contributed by atoms with Gasteiger partial charge in [0.25, 0.3) is 0 Å². The van der Waals surface area contributed by atoms with Crippen LogP contribution < -0.4 is 5.32 Å². The van der Waals surface area contributed by atoms with E-state index in [1.165, 1.54) is 0 Å². The van der Waals surface area contributed by atoms with Gasteiger partial charge in [-0.25, -0.2) is 0 Å². The molecule has 3 nitrogen and oxygen atoms in total. The number of hydrogen-bond acceptors (Lipinski definition) is 3. The number of nitrogens with one attached hydrogen (secondary N) is 1. The third kappa shape index (κ3) is 1.04. The molecule has 1 rings (SSSR count). The molecule has 0 aliphatic carbocycles. The molecule has 0 fully saturated rings. The van der Waals surface area contributed by atoms with E-state index in [-0.39, 0.29) is 0 Å².